The van der Waals surface area contributed by atoms with Crippen molar-refractivity contribution in [1.82, 2.24) is 0 Å². The summed E-state index contributed by atoms with van der Waals surface area (Å²) in [4.78, 5) is 23.5. The van der Waals surface area contributed by atoms with Crippen molar-refractivity contribution < 1.29 is 14.3 Å². The fourth-order valence-electron chi connectivity index (χ4n) is 5.84. The molecule has 0 heterocycles. The van der Waals surface area contributed by atoms with Crippen LogP contribution < -0.4 is 10.6 Å². The van der Waals surface area contributed by atoms with Gasteiger partial charge in [0.1, 0.15) is 0 Å². The Kier molecular flexibility index (Phi) is 5.85. The fraction of sp³-hybridized carbons (Fsp3) is 0.636. The van der Waals surface area contributed by atoms with Crippen LogP contribution >= 0.6 is 11.8 Å². The van der Waals surface area contributed by atoms with Crippen LogP contribution in [-0.2, 0) is 14.3 Å². The number of nitrogens with one attached hydrogen (secondary N) is 2. The van der Waals surface area contributed by atoms with Crippen molar-refractivity contribution in [3.8, 4) is 0 Å². The van der Waals surface area contributed by atoms with E-state index < -0.39 is 0 Å². The molecular weight excluding hydrogens is 372 g/mol. The number of thioether (sulfide) groups is 1. The van der Waals surface area contributed by atoms with Gasteiger partial charge in [-0.25, -0.2) is 0 Å². The van der Waals surface area contributed by atoms with E-state index in [0.29, 0.717) is 12.2 Å². The lowest BCUT2D eigenvalue weighted by Gasteiger charge is -2.57. The second-order valence-corrected chi connectivity index (χ2v) is 9.90. The van der Waals surface area contributed by atoms with E-state index >= 15 is 0 Å². The van der Waals surface area contributed by atoms with Gasteiger partial charge in [0.15, 0.2) is 0 Å². The Morgan fingerprint density at radius 3 is 2.29 bits per heavy atom. The number of anilines is 2. The molecule has 0 unspecified atom stereocenters. The maximum Gasteiger partial charge on any atom is 0.315 e. The summed E-state index contributed by atoms with van der Waals surface area (Å²) in [6.45, 7) is 0. The van der Waals surface area contributed by atoms with Crippen molar-refractivity contribution in [1.29, 1.82) is 0 Å². The molecule has 0 spiro atoms. The summed E-state index contributed by atoms with van der Waals surface area (Å²) >= 11 is 1.42. The van der Waals surface area contributed by atoms with Crippen LogP contribution in [0.3, 0.4) is 0 Å². The predicted molar refractivity (Wildman–Crippen MR) is 114 cm³/mol. The summed E-state index contributed by atoms with van der Waals surface area (Å²) in [6, 6.07) is 8.06. The van der Waals surface area contributed by atoms with Gasteiger partial charge in [0, 0.05) is 17.7 Å². The first-order valence-electron chi connectivity index (χ1n) is 10.4. The van der Waals surface area contributed by atoms with E-state index in [-0.39, 0.29) is 23.2 Å². The van der Waals surface area contributed by atoms with Crippen LogP contribution in [0.1, 0.15) is 44.9 Å². The minimum absolute atomic E-state index is 0.0165. The average molecular weight is 403 g/mol. The molecule has 4 fully saturated rings. The summed E-state index contributed by atoms with van der Waals surface area (Å²) in [5.74, 6) is 3.26. The number of benzene rings is 1. The van der Waals surface area contributed by atoms with Crippen LogP contribution in [0.2, 0.25) is 0 Å². The van der Waals surface area contributed by atoms with Crippen LogP contribution in [0.25, 0.3) is 0 Å². The van der Waals surface area contributed by atoms with Crippen LogP contribution in [-0.4, -0.2) is 36.0 Å². The highest BCUT2D eigenvalue weighted by Gasteiger charge is 2.51. The molecule has 4 aliphatic rings. The molecule has 0 radical (unpaired) electrons. The van der Waals surface area contributed by atoms with Crippen LogP contribution in [0, 0.1) is 17.8 Å². The first-order valence-corrected chi connectivity index (χ1v) is 11.5. The van der Waals surface area contributed by atoms with Gasteiger partial charge in [-0.2, -0.15) is 0 Å². The molecule has 28 heavy (non-hydrogen) atoms. The highest BCUT2D eigenvalue weighted by atomic mass is 32.2. The van der Waals surface area contributed by atoms with Gasteiger partial charge in [-0.3, -0.25) is 9.59 Å². The number of methoxy groups -OCH3 is 1. The molecular formula is C22H30N2O3S. The Morgan fingerprint density at radius 1 is 1.07 bits per heavy atom. The van der Waals surface area contributed by atoms with Gasteiger partial charge in [0.25, 0.3) is 0 Å². The smallest absolute Gasteiger partial charge is 0.315 e. The lowest BCUT2D eigenvalue weighted by molar-refractivity contribution is -0.137. The molecule has 4 saturated carbocycles. The maximum absolute atomic E-state index is 12.4. The van der Waals surface area contributed by atoms with E-state index in [9.17, 15) is 9.59 Å². The number of hydrogen-bond acceptors (Lipinski definition) is 5. The SMILES string of the molecule is COC(=O)CSCCC(=O)Nc1ccccc1NC12CC3CC(CC(C3)C1)C2. The summed E-state index contributed by atoms with van der Waals surface area (Å²) < 4.78 is 4.62. The first-order chi connectivity index (χ1) is 13.5. The molecule has 152 valence electrons. The van der Waals surface area contributed by atoms with Crippen molar-refractivity contribution >= 4 is 35.0 Å². The van der Waals surface area contributed by atoms with Gasteiger partial charge in [-0.05, 0) is 68.4 Å². The Hall–Kier alpha value is -1.69. The largest absolute Gasteiger partial charge is 0.468 e. The zero-order valence-corrected chi connectivity index (χ0v) is 17.4. The summed E-state index contributed by atoms with van der Waals surface area (Å²) in [6.07, 6.45) is 8.45. The third-order valence-corrected chi connectivity index (χ3v) is 7.49. The molecule has 0 aromatic heterocycles. The molecule has 0 aliphatic heterocycles. The van der Waals surface area contributed by atoms with E-state index in [0.717, 1.165) is 29.1 Å². The molecule has 5 nitrogen and oxygen atoms in total. The summed E-state index contributed by atoms with van der Waals surface area (Å²) in [5, 5.41) is 6.93. The van der Waals surface area contributed by atoms with Gasteiger partial charge in [-0.1, -0.05) is 12.1 Å². The molecule has 6 heteroatoms. The Labute approximate surface area is 171 Å². The molecule has 4 bridgehead atoms. The van der Waals surface area contributed by atoms with Crippen LogP contribution in [0.15, 0.2) is 24.3 Å². The second-order valence-electron chi connectivity index (χ2n) is 8.80. The van der Waals surface area contributed by atoms with E-state index in [1.165, 1.54) is 57.4 Å². The highest BCUT2D eigenvalue weighted by molar-refractivity contribution is 7.99. The van der Waals surface area contributed by atoms with E-state index in [2.05, 4.69) is 21.4 Å². The number of carbonyl (C=O) groups excluding carboxylic acids is 2. The van der Waals surface area contributed by atoms with E-state index in [1.54, 1.807) is 0 Å². The van der Waals surface area contributed by atoms with Gasteiger partial charge < -0.3 is 15.4 Å². The topological polar surface area (TPSA) is 67.4 Å². The molecule has 0 atom stereocenters. The zero-order valence-electron chi connectivity index (χ0n) is 16.5. The number of ether oxygens (including phenoxy) is 1. The second kappa shape index (κ2) is 8.36. The number of rotatable bonds is 8. The number of para-hydroxylation sites is 2. The minimum atomic E-state index is -0.254. The van der Waals surface area contributed by atoms with Crippen molar-refractivity contribution in [2.24, 2.45) is 17.8 Å². The van der Waals surface area contributed by atoms with Gasteiger partial charge in [0.2, 0.25) is 5.91 Å². The fourth-order valence-corrected chi connectivity index (χ4v) is 6.60. The molecule has 2 N–H and O–H groups in total. The van der Waals surface area contributed by atoms with Crippen molar-refractivity contribution in [2.45, 2.75) is 50.5 Å². The number of carbonyl (C=O) groups is 2. The standard InChI is InChI=1S/C22H30N2O3S/c1-27-21(26)14-28-7-6-20(25)23-18-4-2-3-5-19(18)24-22-11-15-8-16(12-22)10-17(9-15)13-22/h2-5,15-17,24H,6-14H2,1H3,(H,23,25). The van der Waals surface area contributed by atoms with Crippen molar-refractivity contribution in [3.63, 3.8) is 0 Å². The molecule has 1 aromatic carbocycles. The van der Waals surface area contributed by atoms with Gasteiger partial charge >= 0.3 is 5.97 Å². The van der Waals surface area contributed by atoms with E-state index in [4.69, 9.17) is 0 Å². The monoisotopic (exact) mass is 402 g/mol. The molecule has 5 rings (SSSR count). The summed E-state index contributed by atoms with van der Waals surface area (Å²) in [7, 11) is 1.38. The Morgan fingerprint density at radius 2 is 1.68 bits per heavy atom. The maximum atomic E-state index is 12.4. The van der Waals surface area contributed by atoms with Crippen molar-refractivity contribution in [2.75, 3.05) is 29.2 Å². The van der Waals surface area contributed by atoms with Gasteiger partial charge in [0.05, 0.1) is 24.2 Å². The quantitative estimate of drug-likeness (QED) is 0.501. The first kappa shape index (κ1) is 19.6. The Bertz CT molecular complexity index is 701. The van der Waals surface area contributed by atoms with Crippen LogP contribution in [0.4, 0.5) is 11.4 Å². The molecule has 0 saturated heterocycles. The normalized spacial score (nSPS) is 30.1. The molecule has 1 amide bonds. The predicted octanol–water partition coefficient (Wildman–Crippen LogP) is 4.30. The number of amides is 1. The molecule has 4 aliphatic carbocycles. The third kappa shape index (κ3) is 4.48. The molecule has 1 aromatic rings. The highest BCUT2D eigenvalue weighted by Crippen LogP contribution is 2.56. The van der Waals surface area contributed by atoms with E-state index in [1.807, 2.05) is 18.2 Å². The van der Waals surface area contributed by atoms with Crippen LogP contribution in [0.5, 0.6) is 0 Å². The zero-order chi connectivity index (χ0) is 19.6. The third-order valence-electron chi connectivity index (χ3n) is 6.56. The lowest BCUT2D eigenvalue weighted by atomic mass is 9.53. The minimum Gasteiger partial charge on any atom is -0.468 e. The average Bonchev–Trinajstić information content (AvgIpc) is 2.65. The Balaban J connectivity index is 1.35. The lowest BCUT2D eigenvalue weighted by Crippen LogP contribution is -2.54. The summed E-state index contributed by atoms with van der Waals surface area (Å²) in [5.41, 5.74) is 2.12. The number of esters is 1. The van der Waals surface area contributed by atoms with Gasteiger partial charge in [-0.15, -0.1) is 11.8 Å². The number of hydrogen-bond donors (Lipinski definition) is 2. The van der Waals surface area contributed by atoms with Crippen molar-refractivity contribution in [3.05, 3.63) is 24.3 Å².